The van der Waals surface area contributed by atoms with Gasteiger partial charge in [-0.25, -0.2) is 8.42 Å². The normalized spacial score (nSPS) is 17.6. The second kappa shape index (κ2) is 6.48. The van der Waals surface area contributed by atoms with E-state index in [2.05, 4.69) is 5.32 Å². The Hall–Kier alpha value is -0.890. The molecule has 6 nitrogen and oxygen atoms in total. The number of rotatable bonds is 5. The van der Waals surface area contributed by atoms with Gasteiger partial charge in [0.05, 0.1) is 0 Å². The lowest BCUT2D eigenvalue weighted by molar-refractivity contribution is 0.0632. The average molecular weight is 316 g/mol. The highest BCUT2D eigenvalue weighted by Crippen LogP contribution is 2.30. The fraction of sp³-hybridized carbons (Fsp3) is 0.714. The number of aryl methyl sites for hydroxylation is 2. The molecule has 1 saturated heterocycles. The van der Waals surface area contributed by atoms with Gasteiger partial charge < -0.3 is 14.5 Å². The SMILES string of the molecule is CNCc1c(C)oc(C)c1S(=O)(=O)N(C)C1CCOCC1. The van der Waals surface area contributed by atoms with Crippen LogP contribution in [-0.2, 0) is 21.3 Å². The number of furan rings is 1. The molecule has 1 aromatic heterocycles. The summed E-state index contributed by atoms with van der Waals surface area (Å²) >= 11 is 0. The van der Waals surface area contributed by atoms with Crippen LogP contribution in [0.2, 0.25) is 0 Å². The van der Waals surface area contributed by atoms with Crippen LogP contribution in [0.4, 0.5) is 0 Å². The Kier molecular flexibility index (Phi) is 5.08. The smallest absolute Gasteiger partial charge is 0.246 e. The number of sulfonamides is 1. The first-order valence-electron chi connectivity index (χ1n) is 7.18. The van der Waals surface area contributed by atoms with Crippen LogP contribution in [0, 0.1) is 13.8 Å². The molecular formula is C14H24N2O4S. The highest BCUT2D eigenvalue weighted by atomic mass is 32.2. The molecule has 1 aromatic rings. The van der Waals surface area contributed by atoms with E-state index in [0.29, 0.717) is 41.7 Å². The fourth-order valence-electron chi connectivity index (χ4n) is 2.82. The largest absolute Gasteiger partial charge is 0.465 e. The van der Waals surface area contributed by atoms with Crippen molar-refractivity contribution < 1.29 is 17.6 Å². The molecule has 120 valence electrons. The molecule has 1 aliphatic heterocycles. The summed E-state index contributed by atoms with van der Waals surface area (Å²) in [4.78, 5) is 0.309. The molecule has 21 heavy (non-hydrogen) atoms. The predicted molar refractivity (Wildman–Crippen MR) is 79.7 cm³/mol. The molecular weight excluding hydrogens is 292 g/mol. The van der Waals surface area contributed by atoms with E-state index in [1.54, 1.807) is 27.9 Å². The molecule has 2 heterocycles. The van der Waals surface area contributed by atoms with E-state index in [1.165, 1.54) is 4.31 Å². The molecule has 1 N–H and O–H groups in total. The third-order valence-corrected chi connectivity index (χ3v) is 6.13. The Labute approximate surface area is 126 Å². The third kappa shape index (κ3) is 3.15. The number of nitrogens with one attached hydrogen (secondary N) is 1. The maximum absolute atomic E-state index is 13.0. The van der Waals surface area contributed by atoms with E-state index in [-0.39, 0.29) is 6.04 Å². The number of ether oxygens (including phenoxy) is 1. The molecule has 1 aliphatic rings. The van der Waals surface area contributed by atoms with Gasteiger partial charge in [0.1, 0.15) is 16.4 Å². The van der Waals surface area contributed by atoms with E-state index in [0.717, 1.165) is 12.8 Å². The average Bonchev–Trinajstić information content (AvgIpc) is 2.74. The van der Waals surface area contributed by atoms with Crippen LogP contribution < -0.4 is 5.32 Å². The van der Waals surface area contributed by atoms with Crippen molar-refractivity contribution in [3.8, 4) is 0 Å². The van der Waals surface area contributed by atoms with Crippen LogP contribution in [0.3, 0.4) is 0 Å². The minimum atomic E-state index is -3.56. The fourth-order valence-corrected chi connectivity index (χ4v) is 4.64. The molecule has 0 amide bonds. The molecule has 0 bridgehead atoms. The molecule has 2 rings (SSSR count). The second-order valence-electron chi connectivity index (χ2n) is 5.42. The summed E-state index contributed by atoms with van der Waals surface area (Å²) < 4.78 is 38.3. The van der Waals surface area contributed by atoms with Gasteiger partial charge in [0.2, 0.25) is 10.0 Å². The first-order chi connectivity index (χ1) is 9.89. The van der Waals surface area contributed by atoms with Crippen molar-refractivity contribution in [1.82, 2.24) is 9.62 Å². The van der Waals surface area contributed by atoms with E-state index in [1.807, 2.05) is 0 Å². The predicted octanol–water partition coefficient (Wildman–Crippen LogP) is 1.42. The molecule has 0 atom stereocenters. The zero-order valence-corrected chi connectivity index (χ0v) is 13.9. The monoisotopic (exact) mass is 316 g/mol. The van der Waals surface area contributed by atoms with Crippen molar-refractivity contribution in [1.29, 1.82) is 0 Å². The Bertz CT molecular complexity index is 588. The Morgan fingerprint density at radius 2 is 1.86 bits per heavy atom. The summed E-state index contributed by atoms with van der Waals surface area (Å²) in [6.45, 7) is 5.19. The highest BCUT2D eigenvalue weighted by molar-refractivity contribution is 7.89. The van der Waals surface area contributed by atoms with Gasteiger partial charge in [0.25, 0.3) is 0 Å². The molecule has 0 saturated carbocycles. The van der Waals surface area contributed by atoms with Crippen molar-refractivity contribution in [3.63, 3.8) is 0 Å². The maximum atomic E-state index is 13.0. The molecule has 1 fully saturated rings. The molecule has 0 radical (unpaired) electrons. The minimum Gasteiger partial charge on any atom is -0.465 e. The summed E-state index contributed by atoms with van der Waals surface area (Å²) in [5, 5.41) is 3.01. The summed E-state index contributed by atoms with van der Waals surface area (Å²) in [5.74, 6) is 1.11. The molecule has 0 aromatic carbocycles. The number of nitrogens with zero attached hydrogens (tertiary/aromatic N) is 1. The Morgan fingerprint density at radius 1 is 1.24 bits per heavy atom. The van der Waals surface area contributed by atoms with Crippen molar-refractivity contribution in [2.24, 2.45) is 0 Å². The Balaban J connectivity index is 2.38. The highest BCUT2D eigenvalue weighted by Gasteiger charge is 2.34. The van der Waals surface area contributed by atoms with Crippen molar-refractivity contribution in [3.05, 3.63) is 17.1 Å². The minimum absolute atomic E-state index is 0.0132. The molecule has 7 heteroatoms. The first-order valence-corrected chi connectivity index (χ1v) is 8.62. The maximum Gasteiger partial charge on any atom is 0.246 e. The van der Waals surface area contributed by atoms with Crippen molar-refractivity contribution >= 4 is 10.0 Å². The van der Waals surface area contributed by atoms with Gasteiger partial charge in [-0.3, -0.25) is 0 Å². The zero-order chi connectivity index (χ0) is 15.6. The Morgan fingerprint density at radius 3 is 2.43 bits per heavy atom. The van der Waals surface area contributed by atoms with Gasteiger partial charge in [0, 0.05) is 38.4 Å². The van der Waals surface area contributed by atoms with Gasteiger partial charge in [-0.05, 0) is 33.7 Å². The topological polar surface area (TPSA) is 71.8 Å². The number of hydrogen-bond donors (Lipinski definition) is 1. The second-order valence-corrected chi connectivity index (χ2v) is 7.35. The van der Waals surface area contributed by atoms with Gasteiger partial charge in [0.15, 0.2) is 0 Å². The van der Waals surface area contributed by atoms with E-state index >= 15 is 0 Å². The van der Waals surface area contributed by atoms with Crippen LogP contribution in [0.5, 0.6) is 0 Å². The number of hydrogen-bond acceptors (Lipinski definition) is 5. The van der Waals surface area contributed by atoms with Crippen molar-refractivity contribution in [2.45, 2.75) is 44.2 Å². The molecule has 0 spiro atoms. The van der Waals surface area contributed by atoms with E-state index in [9.17, 15) is 8.42 Å². The zero-order valence-electron chi connectivity index (χ0n) is 13.1. The van der Waals surface area contributed by atoms with Crippen LogP contribution >= 0.6 is 0 Å². The van der Waals surface area contributed by atoms with Crippen LogP contribution in [0.1, 0.15) is 29.9 Å². The van der Waals surface area contributed by atoms with Gasteiger partial charge in [-0.15, -0.1) is 0 Å². The lowest BCUT2D eigenvalue weighted by Crippen LogP contribution is -2.41. The lowest BCUT2D eigenvalue weighted by atomic mass is 10.1. The van der Waals surface area contributed by atoms with E-state index < -0.39 is 10.0 Å². The lowest BCUT2D eigenvalue weighted by Gasteiger charge is -2.30. The summed E-state index contributed by atoms with van der Waals surface area (Å²) in [5.41, 5.74) is 0.717. The summed E-state index contributed by atoms with van der Waals surface area (Å²) in [7, 11) is -0.116. The molecule has 0 aliphatic carbocycles. The van der Waals surface area contributed by atoms with Crippen LogP contribution in [0.15, 0.2) is 9.31 Å². The van der Waals surface area contributed by atoms with E-state index in [4.69, 9.17) is 9.15 Å². The summed E-state index contributed by atoms with van der Waals surface area (Å²) in [6, 6.07) is -0.0132. The van der Waals surface area contributed by atoms with Crippen LogP contribution in [-0.4, -0.2) is 46.1 Å². The van der Waals surface area contributed by atoms with Gasteiger partial charge in [-0.2, -0.15) is 4.31 Å². The van der Waals surface area contributed by atoms with Gasteiger partial charge >= 0.3 is 0 Å². The summed E-state index contributed by atoms with van der Waals surface area (Å²) in [6.07, 6.45) is 1.46. The van der Waals surface area contributed by atoms with Crippen molar-refractivity contribution in [2.75, 3.05) is 27.3 Å². The van der Waals surface area contributed by atoms with Crippen LogP contribution in [0.25, 0.3) is 0 Å². The third-order valence-electron chi connectivity index (χ3n) is 4.02. The van der Waals surface area contributed by atoms with Gasteiger partial charge in [-0.1, -0.05) is 0 Å². The quantitative estimate of drug-likeness (QED) is 0.889. The first kappa shape index (κ1) is 16.5. The standard InChI is InChI=1S/C14H24N2O4S/c1-10-13(9-15-3)14(11(2)20-10)21(17,18)16(4)12-5-7-19-8-6-12/h12,15H,5-9H2,1-4H3. The molecule has 0 unspecified atom stereocenters.